The summed E-state index contributed by atoms with van der Waals surface area (Å²) in [5, 5.41) is 28.2. The van der Waals surface area contributed by atoms with Gasteiger partial charge in [-0.05, 0) is 23.8 Å². The lowest BCUT2D eigenvalue weighted by Gasteiger charge is -2.38. The first kappa shape index (κ1) is 14.8. The Morgan fingerprint density at radius 1 is 0.870 bits per heavy atom. The number of hydroxylamine groups is 2. The summed E-state index contributed by atoms with van der Waals surface area (Å²) in [6, 6.07) is 7.17. The SMILES string of the molecule is O=C1C=C(N([O-])[O-])C=CC1=NN=C1C(=O)C=Cc2ccccc21. The molecular weight excluding hydrogens is 298 g/mol. The van der Waals surface area contributed by atoms with Gasteiger partial charge in [-0.1, -0.05) is 30.3 Å². The highest BCUT2D eigenvalue weighted by Gasteiger charge is 2.19. The Morgan fingerprint density at radius 2 is 1.65 bits per heavy atom. The van der Waals surface area contributed by atoms with Crippen molar-refractivity contribution < 1.29 is 9.59 Å². The molecular formula is C16H9N3O4-2. The van der Waals surface area contributed by atoms with Gasteiger partial charge in [-0.2, -0.15) is 0 Å². The predicted octanol–water partition coefficient (Wildman–Crippen LogP) is 1.75. The standard InChI is InChI=1S/C16H9N3O4/c20-14-8-5-10-3-1-2-4-12(10)16(14)18-17-13-7-6-11(19(22)23)9-15(13)21/h1-9H/q-2. The average molecular weight is 307 g/mol. The lowest BCUT2D eigenvalue weighted by atomic mass is 9.95. The summed E-state index contributed by atoms with van der Waals surface area (Å²) in [6.45, 7) is 0. The Kier molecular flexibility index (Phi) is 3.80. The molecule has 0 fully saturated rings. The number of rotatable bonds is 2. The number of hydrogen-bond acceptors (Lipinski definition) is 7. The van der Waals surface area contributed by atoms with E-state index in [2.05, 4.69) is 10.2 Å². The quantitative estimate of drug-likeness (QED) is 0.611. The second-order valence-corrected chi connectivity index (χ2v) is 4.74. The van der Waals surface area contributed by atoms with Gasteiger partial charge in [0.1, 0.15) is 11.4 Å². The zero-order valence-electron chi connectivity index (χ0n) is 11.7. The van der Waals surface area contributed by atoms with E-state index in [1.54, 1.807) is 18.2 Å². The number of hydrogen-bond donors (Lipinski definition) is 0. The van der Waals surface area contributed by atoms with Crippen LogP contribution in [0.1, 0.15) is 11.1 Å². The van der Waals surface area contributed by atoms with E-state index in [4.69, 9.17) is 0 Å². The van der Waals surface area contributed by atoms with Crippen LogP contribution in [-0.4, -0.2) is 28.2 Å². The largest absolute Gasteiger partial charge is 0.769 e. The van der Waals surface area contributed by atoms with Crippen LogP contribution in [0.15, 0.2) is 64.5 Å². The lowest BCUT2D eigenvalue weighted by molar-refractivity contribution is -0.109. The monoisotopic (exact) mass is 307 g/mol. The van der Waals surface area contributed by atoms with Crippen LogP contribution in [0.3, 0.4) is 0 Å². The van der Waals surface area contributed by atoms with Crippen molar-refractivity contribution in [1.29, 1.82) is 0 Å². The van der Waals surface area contributed by atoms with E-state index in [0.717, 1.165) is 17.7 Å². The van der Waals surface area contributed by atoms with Crippen molar-refractivity contribution in [2.24, 2.45) is 10.2 Å². The molecule has 1 aromatic carbocycles. The zero-order chi connectivity index (χ0) is 16.4. The molecule has 0 N–H and O–H groups in total. The van der Waals surface area contributed by atoms with Crippen LogP contribution in [0.25, 0.3) is 6.08 Å². The fourth-order valence-corrected chi connectivity index (χ4v) is 2.14. The number of carbonyl (C=O) groups is 2. The molecule has 0 bridgehead atoms. The minimum absolute atomic E-state index is 0.0667. The van der Waals surface area contributed by atoms with E-state index < -0.39 is 11.0 Å². The molecule has 3 rings (SSSR count). The summed E-state index contributed by atoms with van der Waals surface area (Å²) in [7, 11) is 0. The minimum atomic E-state index is -0.664. The molecule has 2 aliphatic carbocycles. The Morgan fingerprint density at radius 3 is 2.39 bits per heavy atom. The Hall–Kier alpha value is -3.16. The summed E-state index contributed by atoms with van der Waals surface area (Å²) < 4.78 is 0. The number of ketones is 2. The summed E-state index contributed by atoms with van der Waals surface area (Å²) in [5.41, 5.74) is 1.19. The Balaban J connectivity index is 1.94. The minimum Gasteiger partial charge on any atom is -0.769 e. The lowest BCUT2D eigenvalue weighted by Crippen LogP contribution is -2.19. The van der Waals surface area contributed by atoms with E-state index >= 15 is 0 Å². The molecule has 0 radical (unpaired) electrons. The molecule has 0 amide bonds. The van der Waals surface area contributed by atoms with Crippen molar-refractivity contribution in [3.05, 3.63) is 75.8 Å². The average Bonchev–Trinajstić information content (AvgIpc) is 2.55. The Bertz CT molecular complexity index is 845. The molecule has 1 aromatic rings. The van der Waals surface area contributed by atoms with E-state index in [1.807, 2.05) is 12.1 Å². The maximum absolute atomic E-state index is 12.0. The predicted molar refractivity (Wildman–Crippen MR) is 85.3 cm³/mol. The molecule has 7 heteroatoms. The molecule has 23 heavy (non-hydrogen) atoms. The van der Waals surface area contributed by atoms with Gasteiger partial charge in [0.25, 0.3) is 0 Å². The molecule has 0 saturated heterocycles. The van der Waals surface area contributed by atoms with Crippen LogP contribution in [0, 0.1) is 10.4 Å². The highest BCUT2D eigenvalue weighted by atomic mass is 16.8. The van der Waals surface area contributed by atoms with Crippen LogP contribution in [-0.2, 0) is 9.59 Å². The number of nitrogens with zero attached hydrogens (tertiary/aromatic N) is 3. The van der Waals surface area contributed by atoms with Crippen LogP contribution in [0.4, 0.5) is 0 Å². The third-order valence-corrected chi connectivity index (χ3v) is 3.28. The highest BCUT2D eigenvalue weighted by molar-refractivity contribution is 6.52. The van der Waals surface area contributed by atoms with Gasteiger partial charge in [0.15, 0.2) is 0 Å². The molecule has 0 spiro atoms. The van der Waals surface area contributed by atoms with E-state index in [9.17, 15) is 20.0 Å². The van der Waals surface area contributed by atoms with Crippen molar-refractivity contribution in [3.63, 3.8) is 0 Å². The topological polar surface area (TPSA) is 108 Å². The van der Waals surface area contributed by atoms with Crippen molar-refractivity contribution in [2.45, 2.75) is 0 Å². The van der Waals surface area contributed by atoms with Crippen molar-refractivity contribution in [3.8, 4) is 0 Å². The van der Waals surface area contributed by atoms with Crippen molar-refractivity contribution >= 4 is 29.1 Å². The zero-order valence-corrected chi connectivity index (χ0v) is 11.7. The molecule has 0 aliphatic heterocycles. The van der Waals surface area contributed by atoms with Gasteiger partial charge in [-0.15, -0.1) is 10.2 Å². The van der Waals surface area contributed by atoms with Gasteiger partial charge < -0.3 is 15.6 Å². The number of benzene rings is 1. The molecule has 2 aliphatic rings. The molecule has 0 aromatic heterocycles. The van der Waals surface area contributed by atoms with E-state index in [1.165, 1.54) is 12.2 Å². The van der Waals surface area contributed by atoms with Crippen LogP contribution in [0.5, 0.6) is 0 Å². The van der Waals surface area contributed by atoms with Gasteiger partial charge in [0.05, 0.1) is 0 Å². The van der Waals surface area contributed by atoms with Gasteiger partial charge >= 0.3 is 0 Å². The second-order valence-electron chi connectivity index (χ2n) is 4.74. The van der Waals surface area contributed by atoms with E-state index in [-0.39, 0.29) is 22.9 Å². The van der Waals surface area contributed by atoms with Crippen LogP contribution in [0.2, 0.25) is 0 Å². The first-order chi connectivity index (χ1) is 11.1. The second kappa shape index (κ2) is 5.91. The Labute approximate surface area is 130 Å². The van der Waals surface area contributed by atoms with E-state index in [0.29, 0.717) is 5.56 Å². The number of allylic oxidation sites excluding steroid dienone is 4. The van der Waals surface area contributed by atoms with Crippen LogP contribution < -0.4 is 0 Å². The fourth-order valence-electron chi connectivity index (χ4n) is 2.14. The number of fused-ring (bicyclic) bond motifs is 1. The third-order valence-electron chi connectivity index (χ3n) is 3.28. The normalized spacial score (nSPS) is 20.0. The molecule has 114 valence electrons. The fraction of sp³-hybridized carbons (Fsp3) is 0. The first-order valence-electron chi connectivity index (χ1n) is 6.62. The third kappa shape index (κ3) is 2.91. The van der Waals surface area contributed by atoms with Gasteiger partial charge in [-0.3, -0.25) is 9.59 Å². The number of carbonyl (C=O) groups excluding carboxylic acids is 2. The summed E-state index contributed by atoms with van der Waals surface area (Å²) in [4.78, 5) is 23.7. The maximum Gasteiger partial charge on any atom is 0.208 e. The van der Waals surface area contributed by atoms with Crippen LogP contribution >= 0.6 is 0 Å². The highest BCUT2D eigenvalue weighted by Crippen LogP contribution is 2.18. The smallest absolute Gasteiger partial charge is 0.208 e. The van der Waals surface area contributed by atoms with Crippen molar-refractivity contribution in [2.75, 3.05) is 0 Å². The molecule has 0 saturated carbocycles. The van der Waals surface area contributed by atoms with Crippen molar-refractivity contribution in [1.82, 2.24) is 5.23 Å². The van der Waals surface area contributed by atoms with Gasteiger partial charge in [-0.25, -0.2) is 0 Å². The summed E-state index contributed by atoms with van der Waals surface area (Å²) in [6.07, 6.45) is 6.30. The molecule has 0 unspecified atom stereocenters. The van der Waals surface area contributed by atoms with Gasteiger partial charge in [0, 0.05) is 17.3 Å². The summed E-state index contributed by atoms with van der Waals surface area (Å²) >= 11 is 0. The maximum atomic E-state index is 12.0. The first-order valence-corrected chi connectivity index (χ1v) is 6.62. The molecule has 0 heterocycles. The summed E-state index contributed by atoms with van der Waals surface area (Å²) in [5.74, 6) is -0.947. The van der Waals surface area contributed by atoms with Gasteiger partial charge in [0.2, 0.25) is 11.6 Å². The molecule has 7 nitrogen and oxygen atoms in total. The molecule has 0 atom stereocenters.